The molecule has 0 aromatic rings. The third kappa shape index (κ3) is 14.8. The molecule has 0 radical (unpaired) electrons. The predicted octanol–water partition coefficient (Wildman–Crippen LogP) is 5.48. The van der Waals surface area contributed by atoms with Gasteiger partial charge in [-0.15, -0.1) is 0 Å². The molecule has 0 aliphatic rings. The van der Waals surface area contributed by atoms with Gasteiger partial charge in [0.05, 0.1) is 12.6 Å². The second kappa shape index (κ2) is 18.6. The molecule has 0 saturated heterocycles. The number of hydrogen-bond donors (Lipinski definition) is 2. The highest BCUT2D eigenvalue weighted by Crippen LogP contribution is 2.13. The molecule has 4 nitrogen and oxygen atoms in total. The van der Waals surface area contributed by atoms with Crippen LogP contribution >= 0.6 is 0 Å². The van der Waals surface area contributed by atoms with E-state index in [0.717, 1.165) is 12.8 Å². The van der Waals surface area contributed by atoms with Crippen LogP contribution in [-0.4, -0.2) is 23.8 Å². The van der Waals surface area contributed by atoms with E-state index in [1.54, 1.807) is 6.08 Å². The smallest absolute Gasteiger partial charge is 0.127 e. The summed E-state index contributed by atoms with van der Waals surface area (Å²) in [6, 6.07) is -1.18. The summed E-state index contributed by atoms with van der Waals surface area (Å²) < 4.78 is 0. The molecule has 0 aliphatic carbocycles. The van der Waals surface area contributed by atoms with Gasteiger partial charge in [-0.1, -0.05) is 101 Å². The number of nitrogens with zero attached hydrogens (tertiary/aromatic N) is 1. The van der Waals surface area contributed by atoms with Crippen molar-refractivity contribution in [2.24, 2.45) is 10.9 Å². The van der Waals surface area contributed by atoms with E-state index in [2.05, 4.69) is 12.1 Å². The monoisotopic (exact) mass is 340 g/mol. The largest absolute Gasteiger partial charge is 0.395 e. The molecular weight excluding hydrogens is 300 g/mol. The Morgan fingerprint density at radius 3 is 1.75 bits per heavy atom. The Morgan fingerprint density at radius 1 is 0.875 bits per heavy atom. The molecule has 0 aromatic heterocycles. The topological polar surface area (TPSA) is 75.7 Å². The van der Waals surface area contributed by atoms with Crippen LogP contribution in [0.4, 0.5) is 0 Å². The highest BCUT2D eigenvalue weighted by molar-refractivity contribution is 4.98. The number of aliphatic hydroxyl groups is 1. The lowest BCUT2D eigenvalue weighted by Crippen LogP contribution is -2.35. The fraction of sp³-hybridized carbons (Fsp3) is 0.900. The molecular formula is C20H40N2O2. The minimum atomic E-state index is -0.600. The zero-order valence-corrected chi connectivity index (χ0v) is 15.8. The van der Waals surface area contributed by atoms with Crippen LogP contribution in [0.3, 0.4) is 0 Å². The summed E-state index contributed by atoms with van der Waals surface area (Å²) in [7, 11) is 0. The molecule has 0 aliphatic heterocycles. The molecule has 0 spiro atoms. The summed E-state index contributed by atoms with van der Waals surface area (Å²) in [6.07, 6.45) is 22.3. The molecule has 0 heterocycles. The Labute approximate surface area is 149 Å². The summed E-state index contributed by atoms with van der Waals surface area (Å²) in [5.74, 6) is 0. The first-order chi connectivity index (χ1) is 11.8. The van der Waals surface area contributed by atoms with E-state index in [1.165, 1.54) is 77.0 Å². The van der Waals surface area contributed by atoms with Crippen LogP contribution < -0.4 is 5.73 Å². The van der Waals surface area contributed by atoms with Gasteiger partial charge in [0, 0.05) is 0 Å². The molecule has 3 N–H and O–H groups in total. The van der Waals surface area contributed by atoms with Crippen LogP contribution in [-0.2, 0) is 0 Å². The predicted molar refractivity (Wildman–Crippen MR) is 104 cm³/mol. The molecule has 2 unspecified atom stereocenters. The lowest BCUT2D eigenvalue weighted by atomic mass is 10.0. The normalized spacial score (nSPS) is 14.1. The van der Waals surface area contributed by atoms with Crippen molar-refractivity contribution in [1.29, 1.82) is 0 Å². The number of rotatable bonds is 18. The maximum atomic E-state index is 10.6. The van der Waals surface area contributed by atoms with Crippen molar-refractivity contribution in [3.05, 3.63) is 17.1 Å². The molecule has 142 valence electrons. The molecule has 24 heavy (non-hydrogen) atoms. The van der Waals surface area contributed by atoms with Gasteiger partial charge in [0.2, 0.25) is 0 Å². The van der Waals surface area contributed by atoms with Crippen molar-refractivity contribution in [3.8, 4) is 0 Å². The lowest BCUT2D eigenvalue weighted by Gasteiger charge is -2.10. The van der Waals surface area contributed by atoms with E-state index in [9.17, 15) is 4.91 Å². The molecule has 0 rings (SSSR count). The molecule has 4 heteroatoms. The SMILES string of the molecule is CCCCCCCCCCCCCCC/C=C/C(N=O)C(N)CO. The van der Waals surface area contributed by atoms with Crippen LogP contribution in [0.5, 0.6) is 0 Å². The van der Waals surface area contributed by atoms with E-state index in [1.807, 2.05) is 6.08 Å². The van der Waals surface area contributed by atoms with Gasteiger partial charge in [-0.2, -0.15) is 4.91 Å². The second-order valence-electron chi connectivity index (χ2n) is 6.90. The number of hydrogen-bond acceptors (Lipinski definition) is 4. The molecule has 0 saturated carbocycles. The second-order valence-corrected chi connectivity index (χ2v) is 6.90. The number of unbranched alkanes of at least 4 members (excludes halogenated alkanes) is 13. The quantitative estimate of drug-likeness (QED) is 0.197. The fourth-order valence-electron chi connectivity index (χ4n) is 2.88. The third-order valence-corrected chi connectivity index (χ3v) is 4.58. The summed E-state index contributed by atoms with van der Waals surface area (Å²) >= 11 is 0. The van der Waals surface area contributed by atoms with Gasteiger partial charge in [0.1, 0.15) is 6.04 Å². The average Bonchev–Trinajstić information content (AvgIpc) is 2.61. The molecule has 2 atom stereocenters. The van der Waals surface area contributed by atoms with E-state index in [-0.39, 0.29) is 6.61 Å². The van der Waals surface area contributed by atoms with Gasteiger partial charge in [0.15, 0.2) is 0 Å². The summed E-state index contributed by atoms with van der Waals surface area (Å²) in [4.78, 5) is 10.6. The van der Waals surface area contributed by atoms with Crippen LogP contribution in [0.2, 0.25) is 0 Å². The van der Waals surface area contributed by atoms with E-state index in [4.69, 9.17) is 10.8 Å². The van der Waals surface area contributed by atoms with Gasteiger partial charge in [0.25, 0.3) is 0 Å². The highest BCUT2D eigenvalue weighted by atomic mass is 16.3. The maximum Gasteiger partial charge on any atom is 0.127 e. The van der Waals surface area contributed by atoms with Crippen LogP contribution in [0.15, 0.2) is 17.3 Å². The Balaban J connectivity index is 3.29. The van der Waals surface area contributed by atoms with Crippen LogP contribution in [0, 0.1) is 4.91 Å². The molecule has 0 amide bonds. The van der Waals surface area contributed by atoms with Gasteiger partial charge in [-0.05, 0) is 12.8 Å². The van der Waals surface area contributed by atoms with Crippen LogP contribution in [0.1, 0.15) is 96.8 Å². The Kier molecular flexibility index (Phi) is 18.0. The fourth-order valence-corrected chi connectivity index (χ4v) is 2.88. The number of nitroso groups, excluding NO2 is 1. The zero-order chi connectivity index (χ0) is 17.9. The van der Waals surface area contributed by atoms with E-state index < -0.39 is 12.1 Å². The first-order valence-electron chi connectivity index (χ1n) is 10.1. The van der Waals surface area contributed by atoms with Gasteiger partial charge in [-0.25, -0.2) is 0 Å². The number of allylic oxidation sites excluding steroid dienone is 1. The van der Waals surface area contributed by atoms with Gasteiger partial charge < -0.3 is 10.8 Å². The van der Waals surface area contributed by atoms with E-state index >= 15 is 0 Å². The van der Waals surface area contributed by atoms with Crippen molar-refractivity contribution in [2.75, 3.05) is 6.61 Å². The molecule has 0 aromatic carbocycles. The highest BCUT2D eigenvalue weighted by Gasteiger charge is 2.13. The summed E-state index contributed by atoms with van der Waals surface area (Å²) in [5, 5.41) is 11.8. The van der Waals surface area contributed by atoms with Gasteiger partial charge in [-0.3, -0.25) is 0 Å². The molecule has 0 fully saturated rings. The van der Waals surface area contributed by atoms with Crippen LogP contribution in [0.25, 0.3) is 0 Å². The van der Waals surface area contributed by atoms with Crippen molar-refractivity contribution in [3.63, 3.8) is 0 Å². The first kappa shape index (κ1) is 23.3. The maximum absolute atomic E-state index is 10.6. The van der Waals surface area contributed by atoms with Gasteiger partial charge >= 0.3 is 0 Å². The zero-order valence-electron chi connectivity index (χ0n) is 15.8. The Hall–Kier alpha value is -0.740. The Bertz CT molecular complexity index is 295. The summed E-state index contributed by atoms with van der Waals surface area (Å²) in [6.45, 7) is 2.06. The first-order valence-corrected chi connectivity index (χ1v) is 10.1. The lowest BCUT2D eigenvalue weighted by molar-refractivity contribution is 0.258. The van der Waals surface area contributed by atoms with Crippen molar-refractivity contribution >= 4 is 0 Å². The minimum absolute atomic E-state index is 0.209. The minimum Gasteiger partial charge on any atom is -0.395 e. The third-order valence-electron chi connectivity index (χ3n) is 4.58. The van der Waals surface area contributed by atoms with Crippen molar-refractivity contribution in [1.82, 2.24) is 0 Å². The van der Waals surface area contributed by atoms with Crippen molar-refractivity contribution in [2.45, 2.75) is 109 Å². The number of aliphatic hydroxyl groups excluding tert-OH is 1. The standard InChI is InChI=1S/C20H40N2O2/c1-2-3-4-5-6-7-8-9-10-11-12-13-14-15-16-17-20(22-24)19(21)18-23/h16-17,19-20,23H,2-15,18,21H2,1H3/b17-16+. The van der Waals surface area contributed by atoms with Crippen molar-refractivity contribution < 1.29 is 5.11 Å². The number of nitrogens with two attached hydrogens (primary N) is 1. The molecule has 0 bridgehead atoms. The Morgan fingerprint density at radius 2 is 1.33 bits per heavy atom. The van der Waals surface area contributed by atoms with E-state index in [0.29, 0.717) is 0 Å². The average molecular weight is 341 g/mol. The summed E-state index contributed by atoms with van der Waals surface area (Å²) in [5.41, 5.74) is 5.59.